The van der Waals surface area contributed by atoms with Gasteiger partial charge in [0.25, 0.3) is 0 Å². The highest BCUT2D eigenvalue weighted by molar-refractivity contribution is 7.13. The van der Waals surface area contributed by atoms with Crippen molar-refractivity contribution in [1.82, 2.24) is 0 Å². The first-order chi connectivity index (χ1) is 6.58. The molecule has 1 heterocycles. The van der Waals surface area contributed by atoms with E-state index in [1.807, 2.05) is 11.3 Å². The van der Waals surface area contributed by atoms with E-state index in [0.29, 0.717) is 11.8 Å². The molecule has 1 aromatic heterocycles. The first-order valence-electron chi connectivity index (χ1n) is 5.41. The molecule has 1 heteroatoms. The zero-order valence-corrected chi connectivity index (χ0v) is 10.2. The lowest BCUT2D eigenvalue weighted by Gasteiger charge is -2.05. The predicted octanol–water partition coefficient (Wildman–Crippen LogP) is 4.47. The van der Waals surface area contributed by atoms with Crippen molar-refractivity contribution in [2.45, 2.75) is 40.0 Å². The third kappa shape index (κ3) is 1.66. The molecule has 0 fully saturated rings. The van der Waals surface area contributed by atoms with Crippen LogP contribution in [0.15, 0.2) is 11.6 Å². The quantitative estimate of drug-likeness (QED) is 0.670. The molecule has 0 N–H and O–H groups in total. The van der Waals surface area contributed by atoms with Crippen LogP contribution in [0.3, 0.4) is 0 Å². The maximum absolute atomic E-state index is 2.40. The Bertz CT molecular complexity index is 367. The van der Waals surface area contributed by atoms with E-state index in [0.717, 1.165) is 0 Å². The van der Waals surface area contributed by atoms with Crippen LogP contribution < -0.4 is 0 Å². The molecule has 0 bridgehead atoms. The molecule has 0 atom stereocenters. The van der Waals surface area contributed by atoms with Crippen LogP contribution in [-0.4, -0.2) is 0 Å². The Hall–Kier alpha value is -0.560. The summed E-state index contributed by atoms with van der Waals surface area (Å²) < 4.78 is 0. The molecule has 0 saturated heterocycles. The summed E-state index contributed by atoms with van der Waals surface area (Å²) in [4.78, 5) is 3.05. The lowest BCUT2D eigenvalue weighted by molar-refractivity contribution is 0.754. The van der Waals surface area contributed by atoms with Crippen LogP contribution in [0.4, 0.5) is 0 Å². The minimum absolute atomic E-state index is 0.682. The van der Waals surface area contributed by atoms with Gasteiger partial charge in [-0.1, -0.05) is 33.3 Å². The Morgan fingerprint density at radius 2 is 1.86 bits per heavy atom. The summed E-state index contributed by atoms with van der Waals surface area (Å²) in [5, 5.41) is 0. The Morgan fingerprint density at radius 3 is 2.36 bits per heavy atom. The average Bonchev–Trinajstić information content (AvgIpc) is 2.57. The van der Waals surface area contributed by atoms with Crippen molar-refractivity contribution in [2.75, 3.05) is 0 Å². The second-order valence-electron chi connectivity index (χ2n) is 4.74. The zero-order chi connectivity index (χ0) is 10.3. The fourth-order valence-corrected chi connectivity index (χ4v) is 2.98. The second kappa shape index (κ2) is 3.54. The molecule has 0 aliphatic heterocycles. The van der Waals surface area contributed by atoms with Gasteiger partial charge in [0.2, 0.25) is 0 Å². The molecular formula is C13H18S. The van der Waals surface area contributed by atoms with Gasteiger partial charge >= 0.3 is 0 Å². The van der Waals surface area contributed by atoms with Crippen LogP contribution in [0, 0.1) is 5.92 Å². The summed E-state index contributed by atoms with van der Waals surface area (Å²) in [6, 6.07) is 2.40. The van der Waals surface area contributed by atoms with Crippen LogP contribution in [0.2, 0.25) is 0 Å². The van der Waals surface area contributed by atoms with Gasteiger partial charge in [0.1, 0.15) is 0 Å². The van der Waals surface area contributed by atoms with E-state index in [2.05, 4.69) is 39.8 Å². The lowest BCUT2D eigenvalue weighted by atomic mass is 10.0. The van der Waals surface area contributed by atoms with Gasteiger partial charge in [0, 0.05) is 9.75 Å². The minimum atomic E-state index is 0.682. The smallest absolute Gasteiger partial charge is 0.0308 e. The highest BCUT2D eigenvalue weighted by Gasteiger charge is 2.18. The third-order valence-electron chi connectivity index (χ3n) is 2.88. The number of thiophene rings is 1. The van der Waals surface area contributed by atoms with Crippen molar-refractivity contribution in [3.63, 3.8) is 0 Å². The standard InChI is InChI=1S/C13H18S/c1-8(2)10-5-11-7-12(9(3)4)14-13(11)6-10/h6-9H,5H2,1-4H3. The molecule has 0 unspecified atom stereocenters. The van der Waals surface area contributed by atoms with Gasteiger partial charge in [-0.25, -0.2) is 0 Å². The van der Waals surface area contributed by atoms with E-state index in [1.165, 1.54) is 16.2 Å². The van der Waals surface area contributed by atoms with Gasteiger partial charge in [-0.3, -0.25) is 0 Å². The molecule has 0 spiro atoms. The summed E-state index contributed by atoms with van der Waals surface area (Å²) in [7, 11) is 0. The maximum atomic E-state index is 2.40. The van der Waals surface area contributed by atoms with Crippen LogP contribution >= 0.6 is 11.3 Å². The molecular weight excluding hydrogens is 188 g/mol. The molecule has 1 aliphatic carbocycles. The predicted molar refractivity (Wildman–Crippen MR) is 64.9 cm³/mol. The maximum Gasteiger partial charge on any atom is 0.0308 e. The van der Waals surface area contributed by atoms with E-state index in [-0.39, 0.29) is 0 Å². The Morgan fingerprint density at radius 1 is 1.14 bits per heavy atom. The largest absolute Gasteiger partial charge is 0.140 e. The van der Waals surface area contributed by atoms with E-state index in [4.69, 9.17) is 0 Å². The van der Waals surface area contributed by atoms with Crippen LogP contribution in [0.25, 0.3) is 6.08 Å². The van der Waals surface area contributed by atoms with Gasteiger partial charge in [-0.2, -0.15) is 0 Å². The van der Waals surface area contributed by atoms with Gasteiger partial charge in [-0.05, 0) is 36.0 Å². The second-order valence-corrected chi connectivity index (χ2v) is 5.86. The molecule has 1 aromatic rings. The summed E-state index contributed by atoms with van der Waals surface area (Å²) in [6.07, 6.45) is 3.59. The number of hydrogen-bond donors (Lipinski definition) is 0. The van der Waals surface area contributed by atoms with E-state index >= 15 is 0 Å². The van der Waals surface area contributed by atoms with Crippen molar-refractivity contribution in [3.8, 4) is 0 Å². The lowest BCUT2D eigenvalue weighted by Crippen LogP contribution is -1.93. The molecule has 0 saturated carbocycles. The van der Waals surface area contributed by atoms with Gasteiger partial charge in [0.05, 0.1) is 0 Å². The molecule has 76 valence electrons. The van der Waals surface area contributed by atoms with Gasteiger partial charge < -0.3 is 0 Å². The Labute approximate surface area is 90.7 Å². The minimum Gasteiger partial charge on any atom is -0.140 e. The average molecular weight is 206 g/mol. The van der Waals surface area contributed by atoms with Gasteiger partial charge in [0.15, 0.2) is 0 Å². The van der Waals surface area contributed by atoms with Crippen molar-refractivity contribution in [3.05, 3.63) is 27.0 Å². The highest BCUT2D eigenvalue weighted by atomic mass is 32.1. The summed E-state index contributed by atoms with van der Waals surface area (Å²) in [6.45, 7) is 9.11. The molecule has 0 nitrogen and oxygen atoms in total. The molecule has 2 rings (SSSR count). The van der Waals surface area contributed by atoms with Crippen molar-refractivity contribution in [2.24, 2.45) is 5.92 Å². The van der Waals surface area contributed by atoms with Gasteiger partial charge in [-0.15, -0.1) is 11.3 Å². The first-order valence-corrected chi connectivity index (χ1v) is 6.22. The third-order valence-corrected chi connectivity index (χ3v) is 4.31. The zero-order valence-electron chi connectivity index (χ0n) is 9.42. The summed E-state index contributed by atoms with van der Waals surface area (Å²) in [5.41, 5.74) is 3.16. The van der Waals surface area contributed by atoms with Crippen LogP contribution in [0.1, 0.15) is 48.9 Å². The summed E-state index contributed by atoms with van der Waals surface area (Å²) in [5.74, 6) is 1.39. The number of hydrogen-bond acceptors (Lipinski definition) is 1. The summed E-state index contributed by atoms with van der Waals surface area (Å²) >= 11 is 1.97. The number of allylic oxidation sites excluding steroid dienone is 1. The molecule has 14 heavy (non-hydrogen) atoms. The van der Waals surface area contributed by atoms with E-state index in [9.17, 15) is 0 Å². The van der Waals surface area contributed by atoms with Crippen molar-refractivity contribution in [1.29, 1.82) is 0 Å². The van der Waals surface area contributed by atoms with E-state index in [1.54, 1.807) is 11.1 Å². The first kappa shape index (κ1) is 9.97. The molecule has 1 aliphatic rings. The van der Waals surface area contributed by atoms with Crippen LogP contribution in [-0.2, 0) is 6.42 Å². The Balaban J connectivity index is 2.28. The topological polar surface area (TPSA) is 0 Å². The molecule has 0 radical (unpaired) electrons. The highest BCUT2D eigenvalue weighted by Crippen LogP contribution is 2.37. The van der Waals surface area contributed by atoms with Crippen molar-refractivity contribution < 1.29 is 0 Å². The van der Waals surface area contributed by atoms with Crippen LogP contribution in [0.5, 0.6) is 0 Å². The van der Waals surface area contributed by atoms with Crippen molar-refractivity contribution >= 4 is 17.4 Å². The number of rotatable bonds is 2. The number of fused-ring (bicyclic) bond motifs is 1. The normalized spacial score (nSPS) is 15.1. The molecule has 0 amide bonds. The fraction of sp³-hybridized carbons (Fsp3) is 0.538. The monoisotopic (exact) mass is 206 g/mol. The molecule has 0 aromatic carbocycles. The Kier molecular flexibility index (Phi) is 2.52. The fourth-order valence-electron chi connectivity index (χ4n) is 1.82. The SMILES string of the molecule is CC(C)C1=Cc2sc(C(C)C)cc2C1. The van der Waals surface area contributed by atoms with E-state index < -0.39 is 0 Å².